The van der Waals surface area contributed by atoms with Crippen LogP contribution in [0.25, 0.3) is 0 Å². The molecule has 5 heteroatoms. The van der Waals surface area contributed by atoms with E-state index in [1.807, 2.05) is 11.9 Å². The van der Waals surface area contributed by atoms with Gasteiger partial charge in [-0.1, -0.05) is 0 Å². The first kappa shape index (κ1) is 13.7. The summed E-state index contributed by atoms with van der Waals surface area (Å²) in [7, 11) is 1.91. The molecule has 0 spiro atoms. The smallest absolute Gasteiger partial charge is 0.225 e. The van der Waals surface area contributed by atoms with Crippen LogP contribution in [0.1, 0.15) is 25.7 Å². The number of amides is 1. The maximum Gasteiger partial charge on any atom is 0.225 e. The van der Waals surface area contributed by atoms with E-state index in [2.05, 4.69) is 5.32 Å². The predicted molar refractivity (Wildman–Crippen MR) is 64.9 cm³/mol. The zero-order valence-corrected chi connectivity index (χ0v) is 10.6. The number of nitrogens with one attached hydrogen (secondary N) is 1. The third-order valence-corrected chi connectivity index (χ3v) is 3.40. The van der Waals surface area contributed by atoms with E-state index in [1.54, 1.807) is 0 Å². The van der Waals surface area contributed by atoms with Crippen LogP contribution in [-0.2, 0) is 9.53 Å². The summed E-state index contributed by atoms with van der Waals surface area (Å²) in [6, 6.07) is 0.388. The van der Waals surface area contributed by atoms with Crippen molar-refractivity contribution in [2.75, 3.05) is 26.7 Å². The van der Waals surface area contributed by atoms with Crippen LogP contribution in [0.5, 0.6) is 0 Å². The Kier molecular flexibility index (Phi) is 5.52. The molecule has 0 bridgehead atoms. The summed E-state index contributed by atoms with van der Waals surface area (Å²) >= 11 is 0. The van der Waals surface area contributed by atoms with Gasteiger partial charge in [-0.25, -0.2) is 0 Å². The Morgan fingerprint density at radius 1 is 1.50 bits per heavy atom. The number of carbonyl (C=O) groups excluding carboxylic acids is 1. The van der Waals surface area contributed by atoms with Gasteiger partial charge in [0.1, 0.15) is 0 Å². The van der Waals surface area contributed by atoms with Crippen LogP contribution < -0.4 is 5.32 Å². The predicted octanol–water partition coefficient (Wildman–Crippen LogP) is 0.798. The van der Waals surface area contributed by atoms with E-state index in [9.17, 15) is 4.79 Å². The number of likely N-dealkylation sites (N-methyl/N-ethyl adjacent to an activating group) is 1. The van der Waals surface area contributed by atoms with Crippen molar-refractivity contribution in [3.8, 4) is 0 Å². The van der Waals surface area contributed by atoms with Crippen molar-refractivity contribution in [2.24, 2.45) is 0 Å². The summed E-state index contributed by atoms with van der Waals surface area (Å²) in [4.78, 5) is 13.8. The van der Waals surface area contributed by atoms with Gasteiger partial charge in [0.15, 0.2) is 0 Å². The Balaban J connectivity index is 0.00000128. The van der Waals surface area contributed by atoms with Crippen LogP contribution in [-0.4, -0.2) is 49.7 Å². The monoisotopic (exact) mass is 248 g/mol. The molecular formula is C11H21ClN2O2. The number of hydrogen-bond acceptors (Lipinski definition) is 3. The summed E-state index contributed by atoms with van der Waals surface area (Å²) in [5, 5.41) is 3.28. The molecule has 0 aliphatic carbocycles. The van der Waals surface area contributed by atoms with Crippen LogP contribution in [0, 0.1) is 0 Å². The molecule has 1 N–H and O–H groups in total. The number of hydrogen-bond donors (Lipinski definition) is 1. The molecule has 16 heavy (non-hydrogen) atoms. The molecular weight excluding hydrogens is 228 g/mol. The van der Waals surface area contributed by atoms with Gasteiger partial charge >= 0.3 is 0 Å². The molecule has 2 fully saturated rings. The van der Waals surface area contributed by atoms with E-state index >= 15 is 0 Å². The van der Waals surface area contributed by atoms with Crippen molar-refractivity contribution in [1.82, 2.24) is 10.2 Å². The molecule has 0 saturated carbocycles. The maximum atomic E-state index is 11.9. The minimum absolute atomic E-state index is 0. The number of carbonyl (C=O) groups is 1. The van der Waals surface area contributed by atoms with Gasteiger partial charge in [-0.2, -0.15) is 0 Å². The molecule has 0 radical (unpaired) electrons. The summed E-state index contributed by atoms with van der Waals surface area (Å²) in [6.07, 6.45) is 3.96. The highest BCUT2D eigenvalue weighted by molar-refractivity contribution is 5.85. The molecule has 2 atom stereocenters. The fourth-order valence-electron chi connectivity index (χ4n) is 2.32. The van der Waals surface area contributed by atoms with Gasteiger partial charge in [-0.15, -0.1) is 12.4 Å². The van der Waals surface area contributed by atoms with Crippen molar-refractivity contribution in [3.63, 3.8) is 0 Å². The Hall–Kier alpha value is -0.320. The highest BCUT2D eigenvalue weighted by atomic mass is 35.5. The zero-order chi connectivity index (χ0) is 10.7. The van der Waals surface area contributed by atoms with E-state index in [-0.39, 0.29) is 24.4 Å². The Morgan fingerprint density at radius 3 is 2.88 bits per heavy atom. The van der Waals surface area contributed by atoms with Gasteiger partial charge in [0.2, 0.25) is 5.91 Å². The van der Waals surface area contributed by atoms with E-state index in [0.29, 0.717) is 12.5 Å². The highest BCUT2D eigenvalue weighted by Gasteiger charge is 2.26. The molecule has 1 amide bonds. The molecule has 2 rings (SSSR count). The van der Waals surface area contributed by atoms with Gasteiger partial charge in [0.25, 0.3) is 0 Å². The van der Waals surface area contributed by atoms with Gasteiger partial charge in [0.05, 0.1) is 12.5 Å². The summed E-state index contributed by atoms with van der Waals surface area (Å²) in [5.74, 6) is 0.232. The minimum atomic E-state index is 0. The van der Waals surface area contributed by atoms with Gasteiger partial charge in [-0.05, 0) is 25.8 Å². The normalized spacial score (nSPS) is 28.8. The van der Waals surface area contributed by atoms with Gasteiger partial charge < -0.3 is 15.0 Å². The van der Waals surface area contributed by atoms with Gasteiger partial charge in [0, 0.05) is 26.2 Å². The number of nitrogens with zero attached hydrogens (tertiary/aromatic N) is 1. The van der Waals surface area contributed by atoms with Crippen molar-refractivity contribution in [3.05, 3.63) is 0 Å². The zero-order valence-electron chi connectivity index (χ0n) is 9.78. The van der Waals surface area contributed by atoms with Crippen molar-refractivity contribution < 1.29 is 9.53 Å². The number of halogens is 1. The molecule has 94 valence electrons. The second kappa shape index (κ2) is 6.42. The average Bonchev–Trinajstić information content (AvgIpc) is 2.88. The Bertz CT molecular complexity index is 226. The summed E-state index contributed by atoms with van der Waals surface area (Å²) < 4.78 is 5.47. The van der Waals surface area contributed by atoms with E-state index in [1.165, 1.54) is 0 Å². The third-order valence-electron chi connectivity index (χ3n) is 3.40. The first-order valence-corrected chi connectivity index (χ1v) is 5.85. The number of rotatable bonds is 3. The highest BCUT2D eigenvalue weighted by Crippen LogP contribution is 2.17. The first-order chi connectivity index (χ1) is 7.27. The van der Waals surface area contributed by atoms with Crippen molar-refractivity contribution in [1.29, 1.82) is 0 Å². The van der Waals surface area contributed by atoms with E-state index in [4.69, 9.17) is 4.74 Å². The fourth-order valence-corrected chi connectivity index (χ4v) is 2.32. The Morgan fingerprint density at radius 2 is 2.31 bits per heavy atom. The topological polar surface area (TPSA) is 41.6 Å². The molecule has 2 heterocycles. The first-order valence-electron chi connectivity index (χ1n) is 5.85. The van der Waals surface area contributed by atoms with Crippen LogP contribution in [0.4, 0.5) is 0 Å². The van der Waals surface area contributed by atoms with Crippen LogP contribution in [0.15, 0.2) is 0 Å². The Labute approximate surface area is 103 Å². The SMILES string of the molecule is CN(C(=O)CC1CCCO1)C1CCNC1.Cl. The molecule has 2 unspecified atom stereocenters. The van der Waals surface area contributed by atoms with Crippen LogP contribution in [0.2, 0.25) is 0 Å². The molecule has 2 aliphatic heterocycles. The standard InChI is InChI=1S/C11H20N2O2.ClH/c1-13(9-4-5-12-8-9)11(14)7-10-3-2-6-15-10;/h9-10,12H,2-8H2,1H3;1H. The largest absolute Gasteiger partial charge is 0.378 e. The minimum Gasteiger partial charge on any atom is -0.378 e. The molecule has 4 nitrogen and oxygen atoms in total. The molecule has 0 aromatic carbocycles. The number of ether oxygens (including phenoxy) is 1. The molecule has 0 aromatic rings. The van der Waals surface area contributed by atoms with E-state index in [0.717, 1.165) is 39.0 Å². The summed E-state index contributed by atoms with van der Waals surface area (Å²) in [5.41, 5.74) is 0. The average molecular weight is 249 g/mol. The van der Waals surface area contributed by atoms with E-state index < -0.39 is 0 Å². The van der Waals surface area contributed by atoms with Crippen molar-refractivity contribution in [2.45, 2.75) is 37.8 Å². The maximum absolute atomic E-state index is 11.9. The summed E-state index contributed by atoms with van der Waals surface area (Å²) in [6.45, 7) is 2.79. The second-order valence-electron chi connectivity index (χ2n) is 4.49. The van der Waals surface area contributed by atoms with Crippen LogP contribution in [0.3, 0.4) is 0 Å². The molecule has 2 saturated heterocycles. The third kappa shape index (κ3) is 3.34. The van der Waals surface area contributed by atoms with Crippen molar-refractivity contribution >= 4 is 18.3 Å². The lowest BCUT2D eigenvalue weighted by Crippen LogP contribution is -2.39. The molecule has 0 aromatic heterocycles. The quantitative estimate of drug-likeness (QED) is 0.803. The fraction of sp³-hybridized carbons (Fsp3) is 0.909. The van der Waals surface area contributed by atoms with Crippen LogP contribution >= 0.6 is 12.4 Å². The lowest BCUT2D eigenvalue weighted by molar-refractivity contribution is -0.133. The molecule has 2 aliphatic rings. The lowest BCUT2D eigenvalue weighted by Gasteiger charge is -2.24. The van der Waals surface area contributed by atoms with Gasteiger partial charge in [-0.3, -0.25) is 4.79 Å². The second-order valence-corrected chi connectivity index (χ2v) is 4.49. The lowest BCUT2D eigenvalue weighted by atomic mass is 10.1.